The fourth-order valence-electron chi connectivity index (χ4n) is 3.01. The Labute approximate surface area is 175 Å². The lowest BCUT2D eigenvalue weighted by atomic mass is 9.97. The number of hydrogen-bond acceptors (Lipinski definition) is 5. The van der Waals surface area contributed by atoms with Gasteiger partial charge in [-0.1, -0.05) is 55.9 Å². The highest BCUT2D eigenvalue weighted by Crippen LogP contribution is 2.30. The number of benzene rings is 2. The highest BCUT2D eigenvalue weighted by atomic mass is 32.2. The van der Waals surface area contributed by atoms with Crippen molar-refractivity contribution in [3.05, 3.63) is 60.4 Å². The van der Waals surface area contributed by atoms with Gasteiger partial charge in [-0.15, -0.1) is 10.2 Å². The van der Waals surface area contributed by atoms with Crippen LogP contribution in [0.1, 0.15) is 38.7 Å². The molecule has 1 amide bonds. The molecule has 1 N–H and O–H groups in total. The van der Waals surface area contributed by atoms with E-state index in [9.17, 15) is 4.79 Å². The smallest absolute Gasteiger partial charge is 0.237 e. The molecule has 0 radical (unpaired) electrons. The average Bonchev–Trinajstić information content (AvgIpc) is 3.21. The SMILES string of the molecule is CC[C@H](C)c1ccccc1NC(=O)[C@H](C)Sc1nncn1-c1ccccc1OC. The van der Waals surface area contributed by atoms with Crippen LogP contribution in [-0.2, 0) is 4.79 Å². The molecule has 2 atom stereocenters. The molecule has 1 heterocycles. The molecule has 0 saturated heterocycles. The number of thioether (sulfide) groups is 1. The molecule has 0 aliphatic heterocycles. The molecule has 0 unspecified atom stereocenters. The molecule has 2 aromatic carbocycles. The van der Waals surface area contributed by atoms with Gasteiger partial charge in [0, 0.05) is 5.69 Å². The third-order valence-corrected chi connectivity index (χ3v) is 5.93. The number of hydrogen-bond donors (Lipinski definition) is 1. The van der Waals surface area contributed by atoms with Gasteiger partial charge >= 0.3 is 0 Å². The summed E-state index contributed by atoms with van der Waals surface area (Å²) in [5, 5.41) is 11.6. The zero-order valence-electron chi connectivity index (χ0n) is 17.1. The zero-order valence-corrected chi connectivity index (χ0v) is 17.9. The number of aromatic nitrogens is 3. The van der Waals surface area contributed by atoms with Crippen molar-refractivity contribution in [2.75, 3.05) is 12.4 Å². The van der Waals surface area contributed by atoms with E-state index in [1.807, 2.05) is 54.0 Å². The number of carbonyl (C=O) groups excluding carboxylic acids is 1. The summed E-state index contributed by atoms with van der Waals surface area (Å²) in [5.74, 6) is 1.03. The zero-order chi connectivity index (χ0) is 20.8. The van der Waals surface area contributed by atoms with Crippen LogP contribution in [0, 0.1) is 0 Å². The molecule has 29 heavy (non-hydrogen) atoms. The minimum atomic E-state index is -0.349. The Balaban J connectivity index is 1.76. The molecule has 0 spiro atoms. The Bertz CT molecular complexity index is 973. The molecule has 3 aromatic rings. The summed E-state index contributed by atoms with van der Waals surface area (Å²) >= 11 is 1.36. The van der Waals surface area contributed by atoms with Gasteiger partial charge in [-0.05, 0) is 43.0 Å². The Hall–Kier alpha value is -2.80. The number of amides is 1. The minimum absolute atomic E-state index is 0.0691. The molecule has 1 aromatic heterocycles. The van der Waals surface area contributed by atoms with Crippen molar-refractivity contribution in [3.63, 3.8) is 0 Å². The number of nitrogens with one attached hydrogen (secondary N) is 1. The second-order valence-corrected chi connectivity index (χ2v) is 8.11. The third kappa shape index (κ3) is 4.79. The predicted molar refractivity (Wildman–Crippen MR) is 117 cm³/mol. The Morgan fingerprint density at radius 3 is 2.66 bits per heavy atom. The highest BCUT2D eigenvalue weighted by Gasteiger charge is 2.21. The van der Waals surface area contributed by atoms with Gasteiger partial charge in [0.2, 0.25) is 5.91 Å². The summed E-state index contributed by atoms with van der Waals surface area (Å²) < 4.78 is 7.27. The van der Waals surface area contributed by atoms with E-state index in [1.165, 1.54) is 11.8 Å². The van der Waals surface area contributed by atoms with Crippen LogP contribution in [0.15, 0.2) is 60.0 Å². The minimum Gasteiger partial charge on any atom is -0.495 e. The van der Waals surface area contributed by atoms with Crippen LogP contribution < -0.4 is 10.1 Å². The lowest BCUT2D eigenvalue weighted by Gasteiger charge is -2.18. The molecule has 152 valence electrons. The monoisotopic (exact) mass is 410 g/mol. The van der Waals surface area contributed by atoms with Crippen LogP contribution in [-0.4, -0.2) is 33.0 Å². The standard InChI is InChI=1S/C22H26N4O2S/c1-5-15(2)17-10-6-7-11-18(17)24-21(27)16(3)29-22-25-23-14-26(22)19-12-8-9-13-20(19)28-4/h6-16H,5H2,1-4H3,(H,24,27)/t15-,16-/m0/s1. The van der Waals surface area contributed by atoms with E-state index in [-0.39, 0.29) is 11.2 Å². The van der Waals surface area contributed by atoms with Gasteiger partial charge in [0.15, 0.2) is 5.16 Å². The number of nitrogens with zero attached hydrogens (tertiary/aromatic N) is 3. The van der Waals surface area contributed by atoms with E-state index in [1.54, 1.807) is 13.4 Å². The molecular weight excluding hydrogens is 384 g/mol. The van der Waals surface area contributed by atoms with Crippen LogP contribution in [0.3, 0.4) is 0 Å². The number of methoxy groups -OCH3 is 1. The molecule has 0 fully saturated rings. The summed E-state index contributed by atoms with van der Waals surface area (Å²) in [6.07, 6.45) is 2.64. The van der Waals surface area contributed by atoms with Crippen LogP contribution in [0.4, 0.5) is 5.69 Å². The lowest BCUT2D eigenvalue weighted by molar-refractivity contribution is -0.115. The average molecular weight is 411 g/mol. The molecular formula is C22H26N4O2S. The molecule has 0 saturated carbocycles. The van der Waals surface area contributed by atoms with Crippen LogP contribution in [0.5, 0.6) is 5.75 Å². The Morgan fingerprint density at radius 1 is 1.17 bits per heavy atom. The van der Waals surface area contributed by atoms with Crippen molar-refractivity contribution in [2.45, 2.75) is 43.5 Å². The van der Waals surface area contributed by atoms with Crippen molar-refractivity contribution in [1.82, 2.24) is 14.8 Å². The number of anilines is 1. The van der Waals surface area contributed by atoms with E-state index in [0.29, 0.717) is 16.8 Å². The molecule has 7 heteroatoms. The van der Waals surface area contributed by atoms with Gasteiger partial charge in [0.1, 0.15) is 12.1 Å². The van der Waals surface area contributed by atoms with Gasteiger partial charge < -0.3 is 10.1 Å². The first-order valence-corrected chi connectivity index (χ1v) is 10.5. The van der Waals surface area contributed by atoms with E-state index >= 15 is 0 Å². The van der Waals surface area contributed by atoms with Crippen LogP contribution in [0.25, 0.3) is 5.69 Å². The molecule has 6 nitrogen and oxygen atoms in total. The highest BCUT2D eigenvalue weighted by molar-refractivity contribution is 8.00. The Kier molecular flexibility index (Phi) is 6.93. The summed E-state index contributed by atoms with van der Waals surface area (Å²) in [7, 11) is 1.63. The van der Waals surface area contributed by atoms with Crippen molar-refractivity contribution >= 4 is 23.4 Å². The van der Waals surface area contributed by atoms with E-state index < -0.39 is 0 Å². The second-order valence-electron chi connectivity index (χ2n) is 6.80. The lowest BCUT2D eigenvalue weighted by Crippen LogP contribution is -2.23. The fraction of sp³-hybridized carbons (Fsp3) is 0.318. The maximum absolute atomic E-state index is 12.9. The van der Waals surface area contributed by atoms with Crippen molar-refractivity contribution in [3.8, 4) is 11.4 Å². The van der Waals surface area contributed by atoms with E-state index in [0.717, 1.165) is 23.4 Å². The number of ether oxygens (including phenoxy) is 1. The first-order valence-electron chi connectivity index (χ1n) is 9.65. The Morgan fingerprint density at radius 2 is 1.90 bits per heavy atom. The fourth-order valence-corrected chi connectivity index (χ4v) is 3.84. The number of carbonyl (C=O) groups is 1. The summed E-state index contributed by atoms with van der Waals surface area (Å²) in [6.45, 7) is 6.18. The summed E-state index contributed by atoms with van der Waals surface area (Å²) in [4.78, 5) is 12.9. The van der Waals surface area contributed by atoms with Gasteiger partial charge in [-0.2, -0.15) is 0 Å². The van der Waals surface area contributed by atoms with Gasteiger partial charge in [-0.3, -0.25) is 9.36 Å². The van der Waals surface area contributed by atoms with Crippen molar-refractivity contribution < 1.29 is 9.53 Å². The molecule has 0 bridgehead atoms. The largest absolute Gasteiger partial charge is 0.495 e. The quantitative estimate of drug-likeness (QED) is 0.535. The normalized spacial score (nSPS) is 13.0. The topological polar surface area (TPSA) is 69.0 Å². The maximum atomic E-state index is 12.9. The first kappa shape index (κ1) is 20.9. The van der Waals surface area contributed by atoms with Gasteiger partial charge in [0.25, 0.3) is 0 Å². The maximum Gasteiger partial charge on any atom is 0.237 e. The van der Waals surface area contributed by atoms with Crippen molar-refractivity contribution in [1.29, 1.82) is 0 Å². The van der Waals surface area contributed by atoms with Gasteiger partial charge in [0.05, 0.1) is 18.0 Å². The summed E-state index contributed by atoms with van der Waals surface area (Å²) in [6, 6.07) is 15.6. The molecule has 0 aliphatic rings. The third-order valence-electron chi connectivity index (χ3n) is 4.87. The number of rotatable bonds is 8. The molecule has 0 aliphatic carbocycles. The second kappa shape index (κ2) is 9.60. The molecule has 3 rings (SSSR count). The number of para-hydroxylation sites is 3. The van der Waals surface area contributed by atoms with Gasteiger partial charge in [-0.25, -0.2) is 0 Å². The van der Waals surface area contributed by atoms with E-state index in [4.69, 9.17) is 4.74 Å². The predicted octanol–water partition coefficient (Wildman–Crippen LogP) is 4.91. The van der Waals surface area contributed by atoms with E-state index in [2.05, 4.69) is 35.4 Å². The van der Waals surface area contributed by atoms with Crippen LogP contribution >= 0.6 is 11.8 Å². The van der Waals surface area contributed by atoms with Crippen LogP contribution in [0.2, 0.25) is 0 Å². The summed E-state index contributed by atoms with van der Waals surface area (Å²) in [5.41, 5.74) is 2.85. The van der Waals surface area contributed by atoms with Crippen molar-refractivity contribution in [2.24, 2.45) is 0 Å². The first-order chi connectivity index (χ1) is 14.0.